The Balaban J connectivity index is 1.96. The van der Waals surface area contributed by atoms with Crippen molar-refractivity contribution in [1.82, 2.24) is 0 Å². The van der Waals surface area contributed by atoms with Crippen LogP contribution in [-0.4, -0.2) is 5.75 Å². The topological polar surface area (TPSA) is 26.0 Å². The fourth-order valence-corrected chi connectivity index (χ4v) is 2.45. The molecule has 0 aromatic heterocycles. The molecule has 2 rings (SSSR count). The first kappa shape index (κ1) is 12.1. The van der Waals surface area contributed by atoms with Crippen LogP contribution in [0.25, 0.3) is 0 Å². The Morgan fingerprint density at radius 2 is 1.82 bits per heavy atom. The first-order valence-corrected chi connectivity index (χ1v) is 6.43. The van der Waals surface area contributed by atoms with Crippen LogP contribution in [0.2, 0.25) is 0 Å². The van der Waals surface area contributed by atoms with Crippen molar-refractivity contribution in [3.8, 4) is 0 Å². The molecule has 0 aliphatic carbocycles. The SMILES string of the molecule is NC(CSc1ccccc1)c1cccc(F)c1. The molecule has 17 heavy (non-hydrogen) atoms. The van der Waals surface area contributed by atoms with Crippen LogP contribution in [0.5, 0.6) is 0 Å². The molecular formula is C14H14FNS. The summed E-state index contributed by atoms with van der Waals surface area (Å²) in [6.45, 7) is 0. The van der Waals surface area contributed by atoms with Gasteiger partial charge in [0.2, 0.25) is 0 Å². The number of halogens is 1. The van der Waals surface area contributed by atoms with E-state index in [0.717, 1.165) is 11.3 Å². The van der Waals surface area contributed by atoms with Crippen molar-refractivity contribution in [1.29, 1.82) is 0 Å². The van der Waals surface area contributed by atoms with Crippen LogP contribution in [0.4, 0.5) is 4.39 Å². The van der Waals surface area contributed by atoms with Crippen LogP contribution in [0, 0.1) is 5.82 Å². The summed E-state index contributed by atoms with van der Waals surface area (Å²) in [4.78, 5) is 1.18. The van der Waals surface area contributed by atoms with Gasteiger partial charge in [-0.3, -0.25) is 0 Å². The van der Waals surface area contributed by atoms with Gasteiger partial charge in [-0.15, -0.1) is 11.8 Å². The average molecular weight is 247 g/mol. The van der Waals surface area contributed by atoms with Gasteiger partial charge in [0, 0.05) is 16.7 Å². The molecular weight excluding hydrogens is 233 g/mol. The minimum Gasteiger partial charge on any atom is -0.323 e. The monoisotopic (exact) mass is 247 g/mol. The average Bonchev–Trinajstić information content (AvgIpc) is 2.37. The van der Waals surface area contributed by atoms with Gasteiger partial charge in [-0.2, -0.15) is 0 Å². The number of rotatable bonds is 4. The Morgan fingerprint density at radius 1 is 1.06 bits per heavy atom. The number of benzene rings is 2. The molecule has 0 bridgehead atoms. The second kappa shape index (κ2) is 5.84. The van der Waals surface area contributed by atoms with Gasteiger partial charge < -0.3 is 5.73 Å². The van der Waals surface area contributed by atoms with E-state index in [1.807, 2.05) is 36.4 Å². The van der Waals surface area contributed by atoms with E-state index in [1.165, 1.54) is 17.0 Å². The van der Waals surface area contributed by atoms with Crippen LogP contribution >= 0.6 is 11.8 Å². The van der Waals surface area contributed by atoms with Gasteiger partial charge in [0.05, 0.1) is 0 Å². The van der Waals surface area contributed by atoms with Crippen molar-refractivity contribution in [3.05, 3.63) is 66.0 Å². The number of hydrogen-bond acceptors (Lipinski definition) is 2. The van der Waals surface area contributed by atoms with Gasteiger partial charge >= 0.3 is 0 Å². The smallest absolute Gasteiger partial charge is 0.123 e. The zero-order valence-corrected chi connectivity index (χ0v) is 10.2. The summed E-state index contributed by atoms with van der Waals surface area (Å²) in [6.07, 6.45) is 0. The third kappa shape index (κ3) is 3.58. The van der Waals surface area contributed by atoms with Crippen molar-refractivity contribution in [3.63, 3.8) is 0 Å². The van der Waals surface area contributed by atoms with E-state index in [4.69, 9.17) is 5.73 Å². The summed E-state index contributed by atoms with van der Waals surface area (Å²) >= 11 is 1.68. The second-order valence-corrected chi connectivity index (χ2v) is 4.88. The van der Waals surface area contributed by atoms with E-state index >= 15 is 0 Å². The van der Waals surface area contributed by atoms with Crippen molar-refractivity contribution >= 4 is 11.8 Å². The molecule has 0 radical (unpaired) electrons. The third-order valence-electron chi connectivity index (χ3n) is 2.45. The highest BCUT2D eigenvalue weighted by molar-refractivity contribution is 7.99. The highest BCUT2D eigenvalue weighted by Crippen LogP contribution is 2.23. The van der Waals surface area contributed by atoms with Crippen molar-refractivity contribution in [2.24, 2.45) is 5.73 Å². The normalized spacial score (nSPS) is 12.4. The van der Waals surface area contributed by atoms with Gasteiger partial charge in [0.15, 0.2) is 0 Å². The van der Waals surface area contributed by atoms with Gasteiger partial charge in [-0.05, 0) is 29.8 Å². The van der Waals surface area contributed by atoms with Gasteiger partial charge in [0.1, 0.15) is 5.82 Å². The van der Waals surface area contributed by atoms with Crippen LogP contribution in [0.1, 0.15) is 11.6 Å². The van der Waals surface area contributed by atoms with Crippen molar-refractivity contribution in [2.45, 2.75) is 10.9 Å². The highest BCUT2D eigenvalue weighted by atomic mass is 32.2. The number of hydrogen-bond donors (Lipinski definition) is 1. The lowest BCUT2D eigenvalue weighted by molar-refractivity contribution is 0.622. The van der Waals surface area contributed by atoms with Crippen LogP contribution in [0.3, 0.4) is 0 Å². The van der Waals surface area contributed by atoms with Crippen molar-refractivity contribution < 1.29 is 4.39 Å². The maximum Gasteiger partial charge on any atom is 0.123 e. The number of nitrogens with two attached hydrogens (primary N) is 1. The van der Waals surface area contributed by atoms with Gasteiger partial charge in [-0.25, -0.2) is 4.39 Å². The van der Waals surface area contributed by atoms with Gasteiger partial charge in [0.25, 0.3) is 0 Å². The maximum absolute atomic E-state index is 13.0. The fourth-order valence-electron chi connectivity index (χ4n) is 1.54. The molecule has 1 atom stereocenters. The largest absolute Gasteiger partial charge is 0.323 e. The van der Waals surface area contributed by atoms with Crippen molar-refractivity contribution in [2.75, 3.05) is 5.75 Å². The summed E-state index contributed by atoms with van der Waals surface area (Å²) in [7, 11) is 0. The van der Waals surface area contributed by atoms with Crippen LogP contribution in [0.15, 0.2) is 59.5 Å². The predicted octanol–water partition coefficient (Wildman–Crippen LogP) is 3.62. The lowest BCUT2D eigenvalue weighted by Gasteiger charge is -2.11. The second-order valence-electron chi connectivity index (χ2n) is 3.79. The van der Waals surface area contributed by atoms with E-state index in [2.05, 4.69) is 0 Å². The zero-order valence-electron chi connectivity index (χ0n) is 9.34. The minimum absolute atomic E-state index is 0.143. The predicted molar refractivity (Wildman–Crippen MR) is 70.5 cm³/mol. The lowest BCUT2D eigenvalue weighted by Crippen LogP contribution is -2.13. The highest BCUT2D eigenvalue weighted by Gasteiger charge is 2.07. The standard InChI is InChI=1S/C14H14FNS/c15-12-6-4-5-11(9-12)14(16)10-17-13-7-2-1-3-8-13/h1-9,14H,10,16H2. The molecule has 0 saturated carbocycles. The maximum atomic E-state index is 13.0. The quantitative estimate of drug-likeness (QED) is 0.835. The molecule has 0 heterocycles. The van der Waals surface area contributed by atoms with Crippen LogP contribution < -0.4 is 5.73 Å². The molecule has 1 nitrogen and oxygen atoms in total. The minimum atomic E-state index is -0.234. The lowest BCUT2D eigenvalue weighted by atomic mass is 10.1. The molecule has 3 heteroatoms. The first-order chi connectivity index (χ1) is 8.25. The Kier molecular flexibility index (Phi) is 4.18. The summed E-state index contributed by atoms with van der Waals surface area (Å²) in [5.74, 6) is 0.510. The first-order valence-electron chi connectivity index (χ1n) is 5.44. The molecule has 0 fully saturated rings. The summed E-state index contributed by atoms with van der Waals surface area (Å²) in [5.41, 5.74) is 6.87. The van der Waals surface area contributed by atoms with Gasteiger partial charge in [-0.1, -0.05) is 30.3 Å². The van der Waals surface area contributed by atoms with E-state index < -0.39 is 0 Å². The molecule has 0 aliphatic heterocycles. The zero-order chi connectivity index (χ0) is 12.1. The van der Waals surface area contributed by atoms with E-state index in [0.29, 0.717) is 0 Å². The molecule has 0 spiro atoms. The Labute approximate surface area is 105 Å². The molecule has 2 aromatic rings. The Hall–Kier alpha value is -1.32. The Morgan fingerprint density at radius 3 is 2.53 bits per heavy atom. The molecule has 0 amide bonds. The molecule has 0 aliphatic rings. The molecule has 2 aromatic carbocycles. The molecule has 2 N–H and O–H groups in total. The molecule has 0 saturated heterocycles. The van der Waals surface area contributed by atoms with E-state index in [1.54, 1.807) is 17.8 Å². The summed E-state index contributed by atoms with van der Waals surface area (Å²) in [6, 6.07) is 16.4. The number of thioether (sulfide) groups is 1. The van der Waals surface area contributed by atoms with Crippen LogP contribution in [-0.2, 0) is 0 Å². The summed E-state index contributed by atoms with van der Waals surface area (Å²) < 4.78 is 13.0. The van der Waals surface area contributed by atoms with E-state index in [-0.39, 0.29) is 11.9 Å². The third-order valence-corrected chi connectivity index (χ3v) is 3.58. The van der Waals surface area contributed by atoms with E-state index in [9.17, 15) is 4.39 Å². The molecule has 1 unspecified atom stereocenters. The Bertz CT molecular complexity index is 473. The molecule has 88 valence electrons. The summed E-state index contributed by atoms with van der Waals surface area (Å²) in [5, 5.41) is 0. The fraction of sp³-hybridized carbons (Fsp3) is 0.143.